The molecule has 3 N–H and O–H groups in total. The number of hydrogen-bond acceptors (Lipinski definition) is 4. The van der Waals surface area contributed by atoms with Crippen LogP contribution < -0.4 is 11.2 Å². The van der Waals surface area contributed by atoms with Gasteiger partial charge in [0.15, 0.2) is 0 Å². The fraction of sp³-hybridized carbons (Fsp3) is 0.889. The van der Waals surface area contributed by atoms with Crippen molar-refractivity contribution >= 4 is 5.91 Å². The summed E-state index contributed by atoms with van der Waals surface area (Å²) in [7, 11) is 0. The van der Waals surface area contributed by atoms with Crippen molar-refractivity contribution in [2.45, 2.75) is 19.8 Å². The Labute approximate surface area is 83.9 Å². The van der Waals surface area contributed by atoms with Gasteiger partial charge in [-0.15, -0.1) is 0 Å². The summed E-state index contributed by atoms with van der Waals surface area (Å²) in [6, 6.07) is 0. The Hall–Kier alpha value is -0.650. The summed E-state index contributed by atoms with van der Waals surface area (Å²) in [6.45, 7) is 3.81. The monoisotopic (exact) mass is 202 g/mol. The predicted molar refractivity (Wildman–Crippen MR) is 51.3 cm³/mol. The largest absolute Gasteiger partial charge is 0.381 e. The lowest BCUT2D eigenvalue weighted by Gasteiger charge is -2.33. The molecule has 82 valence electrons. The minimum absolute atomic E-state index is 0.120. The molecule has 0 aliphatic carbocycles. The van der Waals surface area contributed by atoms with E-state index in [1.165, 1.54) is 0 Å². The summed E-state index contributed by atoms with van der Waals surface area (Å²) in [4.78, 5) is 16.6. The third-order valence-corrected chi connectivity index (χ3v) is 2.63. The summed E-state index contributed by atoms with van der Waals surface area (Å²) in [6.07, 6.45) is 1.34. The number of hydroxylamine groups is 1. The molecule has 5 heteroatoms. The molecular weight excluding hydrogens is 184 g/mol. The molecule has 1 amide bonds. The van der Waals surface area contributed by atoms with Gasteiger partial charge in [-0.3, -0.25) is 9.63 Å². The Kier molecular flexibility index (Phi) is 4.31. The Morgan fingerprint density at radius 1 is 1.57 bits per heavy atom. The molecule has 1 heterocycles. The number of hydrogen-bond donors (Lipinski definition) is 2. The van der Waals surface area contributed by atoms with Crippen LogP contribution in [0.1, 0.15) is 19.8 Å². The zero-order valence-electron chi connectivity index (χ0n) is 8.54. The van der Waals surface area contributed by atoms with Crippen LogP contribution in [0.2, 0.25) is 0 Å². The molecule has 0 bridgehead atoms. The Balaban J connectivity index is 2.53. The van der Waals surface area contributed by atoms with Crippen molar-refractivity contribution in [3.63, 3.8) is 0 Å². The molecule has 1 aliphatic heterocycles. The SMILES string of the molecule is CCONC(=O)C1(CN)CCOCC1. The third-order valence-electron chi connectivity index (χ3n) is 2.63. The van der Waals surface area contributed by atoms with E-state index in [0.717, 1.165) is 0 Å². The first-order valence-corrected chi connectivity index (χ1v) is 4.95. The van der Waals surface area contributed by atoms with E-state index < -0.39 is 5.41 Å². The van der Waals surface area contributed by atoms with Crippen molar-refractivity contribution in [1.29, 1.82) is 0 Å². The molecule has 0 aromatic heterocycles. The van der Waals surface area contributed by atoms with Crippen molar-refractivity contribution < 1.29 is 14.4 Å². The first-order valence-electron chi connectivity index (χ1n) is 4.95. The number of rotatable bonds is 4. The van der Waals surface area contributed by atoms with Gasteiger partial charge in [-0.05, 0) is 19.8 Å². The Morgan fingerprint density at radius 3 is 2.71 bits per heavy atom. The summed E-state index contributed by atoms with van der Waals surface area (Å²) in [5.41, 5.74) is 7.57. The molecule has 0 radical (unpaired) electrons. The van der Waals surface area contributed by atoms with E-state index >= 15 is 0 Å². The molecule has 1 rings (SSSR count). The lowest BCUT2D eigenvalue weighted by atomic mass is 9.79. The Morgan fingerprint density at radius 2 is 2.21 bits per heavy atom. The van der Waals surface area contributed by atoms with Crippen LogP contribution in [0, 0.1) is 5.41 Å². The molecular formula is C9H18N2O3. The molecule has 0 aromatic rings. The molecule has 5 nitrogen and oxygen atoms in total. The normalized spacial score (nSPS) is 20.4. The number of carbonyl (C=O) groups excluding carboxylic acids is 1. The van der Waals surface area contributed by atoms with Crippen LogP contribution in [0.3, 0.4) is 0 Å². The zero-order valence-corrected chi connectivity index (χ0v) is 8.54. The van der Waals surface area contributed by atoms with Crippen molar-refractivity contribution in [1.82, 2.24) is 5.48 Å². The van der Waals surface area contributed by atoms with Gasteiger partial charge in [0.1, 0.15) is 0 Å². The van der Waals surface area contributed by atoms with Crippen molar-refractivity contribution in [2.75, 3.05) is 26.4 Å². The second kappa shape index (κ2) is 5.29. The van der Waals surface area contributed by atoms with Crippen LogP contribution in [0.15, 0.2) is 0 Å². The maximum Gasteiger partial charge on any atom is 0.251 e. The quantitative estimate of drug-likeness (QED) is 0.620. The number of nitrogens with one attached hydrogen (secondary N) is 1. The highest BCUT2D eigenvalue weighted by Gasteiger charge is 2.38. The van der Waals surface area contributed by atoms with Crippen LogP contribution in [0.25, 0.3) is 0 Å². The maximum absolute atomic E-state index is 11.7. The maximum atomic E-state index is 11.7. The minimum atomic E-state index is -0.493. The zero-order chi connectivity index (χ0) is 10.4. The summed E-state index contributed by atoms with van der Waals surface area (Å²) >= 11 is 0. The van der Waals surface area contributed by atoms with Gasteiger partial charge < -0.3 is 10.5 Å². The van der Waals surface area contributed by atoms with E-state index in [4.69, 9.17) is 15.3 Å². The molecule has 0 unspecified atom stereocenters. The van der Waals surface area contributed by atoms with E-state index in [0.29, 0.717) is 39.2 Å². The van der Waals surface area contributed by atoms with E-state index in [9.17, 15) is 4.79 Å². The molecule has 1 aliphatic rings. The Bertz CT molecular complexity index is 190. The number of ether oxygens (including phenoxy) is 1. The van der Waals surface area contributed by atoms with Crippen LogP contribution in [-0.4, -0.2) is 32.3 Å². The van der Waals surface area contributed by atoms with Crippen LogP contribution in [0.4, 0.5) is 0 Å². The van der Waals surface area contributed by atoms with Crippen LogP contribution >= 0.6 is 0 Å². The fourth-order valence-electron chi connectivity index (χ4n) is 1.53. The van der Waals surface area contributed by atoms with Gasteiger partial charge >= 0.3 is 0 Å². The lowest BCUT2D eigenvalue weighted by molar-refractivity contribution is -0.148. The first-order chi connectivity index (χ1) is 6.75. The summed E-state index contributed by atoms with van der Waals surface area (Å²) in [5, 5.41) is 0. The van der Waals surface area contributed by atoms with Gasteiger partial charge in [0.2, 0.25) is 0 Å². The number of amides is 1. The highest BCUT2D eigenvalue weighted by atomic mass is 16.6. The molecule has 14 heavy (non-hydrogen) atoms. The summed E-state index contributed by atoms with van der Waals surface area (Å²) < 4.78 is 5.20. The summed E-state index contributed by atoms with van der Waals surface area (Å²) in [5.74, 6) is -0.120. The molecule has 0 spiro atoms. The van der Waals surface area contributed by atoms with Gasteiger partial charge in [0.25, 0.3) is 5.91 Å². The van der Waals surface area contributed by atoms with E-state index in [-0.39, 0.29) is 5.91 Å². The van der Waals surface area contributed by atoms with Gasteiger partial charge in [-0.1, -0.05) is 0 Å². The highest BCUT2D eigenvalue weighted by Crippen LogP contribution is 2.29. The second-order valence-electron chi connectivity index (χ2n) is 3.46. The topological polar surface area (TPSA) is 73.6 Å². The van der Waals surface area contributed by atoms with Crippen molar-refractivity contribution in [3.8, 4) is 0 Å². The lowest BCUT2D eigenvalue weighted by Crippen LogP contribution is -2.49. The molecule has 0 atom stereocenters. The van der Waals surface area contributed by atoms with Gasteiger partial charge in [-0.25, -0.2) is 5.48 Å². The van der Waals surface area contributed by atoms with E-state index in [2.05, 4.69) is 5.48 Å². The predicted octanol–water partition coefficient (Wildman–Crippen LogP) is -0.190. The van der Waals surface area contributed by atoms with E-state index in [1.54, 1.807) is 0 Å². The minimum Gasteiger partial charge on any atom is -0.381 e. The molecule has 0 saturated carbocycles. The molecule has 1 saturated heterocycles. The standard InChI is InChI=1S/C9H18N2O3/c1-2-14-11-8(12)9(7-10)3-5-13-6-4-9/h2-7,10H2,1H3,(H,11,12). The number of carbonyl (C=O) groups is 1. The van der Waals surface area contributed by atoms with Crippen LogP contribution in [-0.2, 0) is 14.4 Å². The van der Waals surface area contributed by atoms with Gasteiger partial charge in [0, 0.05) is 19.8 Å². The smallest absolute Gasteiger partial charge is 0.251 e. The van der Waals surface area contributed by atoms with Crippen molar-refractivity contribution in [2.24, 2.45) is 11.1 Å². The number of nitrogens with two attached hydrogens (primary N) is 1. The first kappa shape index (κ1) is 11.4. The van der Waals surface area contributed by atoms with E-state index in [1.807, 2.05) is 6.92 Å². The average Bonchev–Trinajstić information content (AvgIpc) is 2.26. The highest BCUT2D eigenvalue weighted by molar-refractivity contribution is 5.82. The van der Waals surface area contributed by atoms with Crippen molar-refractivity contribution in [3.05, 3.63) is 0 Å². The second-order valence-corrected chi connectivity index (χ2v) is 3.46. The van der Waals surface area contributed by atoms with Gasteiger partial charge in [-0.2, -0.15) is 0 Å². The third kappa shape index (κ3) is 2.43. The fourth-order valence-corrected chi connectivity index (χ4v) is 1.53. The van der Waals surface area contributed by atoms with Crippen LogP contribution in [0.5, 0.6) is 0 Å². The molecule has 0 aromatic carbocycles. The van der Waals surface area contributed by atoms with Gasteiger partial charge in [0.05, 0.1) is 12.0 Å². The average molecular weight is 202 g/mol. The molecule has 1 fully saturated rings.